The second-order valence-electron chi connectivity index (χ2n) is 5.19. The van der Waals surface area contributed by atoms with Crippen LogP contribution in [-0.4, -0.2) is 10.7 Å². The predicted molar refractivity (Wildman–Crippen MR) is 69.2 cm³/mol. The molecule has 0 aliphatic carbocycles. The number of hydrogen-bond acceptors (Lipinski definition) is 2. The van der Waals surface area contributed by atoms with Gasteiger partial charge in [-0.3, -0.25) is 0 Å². The Balaban J connectivity index is 2.32. The lowest BCUT2D eigenvalue weighted by molar-refractivity contribution is -0.0270. The normalized spacial score (nSPS) is 21.2. The molecule has 0 spiro atoms. The van der Waals surface area contributed by atoms with Crippen LogP contribution in [0.5, 0.6) is 5.75 Å². The molecule has 100 valence electrons. The van der Waals surface area contributed by atoms with Crippen molar-refractivity contribution in [1.82, 2.24) is 0 Å². The minimum Gasteiger partial charge on any atom is -0.487 e. The van der Waals surface area contributed by atoms with E-state index in [-0.39, 0.29) is 11.4 Å². The highest BCUT2D eigenvalue weighted by atomic mass is 19.1. The van der Waals surface area contributed by atoms with Crippen molar-refractivity contribution in [2.75, 3.05) is 0 Å². The van der Waals surface area contributed by atoms with Gasteiger partial charge in [0, 0.05) is 12.0 Å². The highest BCUT2D eigenvalue weighted by Crippen LogP contribution is 2.43. The van der Waals surface area contributed by atoms with Gasteiger partial charge in [-0.05, 0) is 31.0 Å². The monoisotopic (exact) mass is 252 g/mol. The van der Waals surface area contributed by atoms with Gasteiger partial charge in [-0.25, -0.2) is 4.39 Å². The fourth-order valence-electron chi connectivity index (χ4n) is 2.95. The summed E-state index contributed by atoms with van der Waals surface area (Å²) in [5.74, 6) is 0.312. The van der Waals surface area contributed by atoms with E-state index in [1.54, 1.807) is 6.07 Å². The number of hydrogen-bond donors (Lipinski definition) is 1. The summed E-state index contributed by atoms with van der Waals surface area (Å²) in [6, 6.07) is 4.40. The summed E-state index contributed by atoms with van der Waals surface area (Å²) in [6.45, 7) is 4.24. The van der Waals surface area contributed by atoms with Gasteiger partial charge in [0.1, 0.15) is 17.2 Å². The van der Waals surface area contributed by atoms with Crippen LogP contribution in [0.15, 0.2) is 18.2 Å². The molecule has 0 saturated heterocycles. The number of benzene rings is 1. The molecule has 0 amide bonds. The molecule has 1 aliphatic heterocycles. The van der Waals surface area contributed by atoms with E-state index in [9.17, 15) is 9.50 Å². The smallest absolute Gasteiger partial charge is 0.126 e. The van der Waals surface area contributed by atoms with Gasteiger partial charge >= 0.3 is 0 Å². The zero-order chi connectivity index (χ0) is 13.2. The average Bonchev–Trinajstić information content (AvgIpc) is 2.31. The fourth-order valence-corrected chi connectivity index (χ4v) is 2.95. The molecule has 1 aliphatic rings. The highest BCUT2D eigenvalue weighted by molar-refractivity contribution is 5.38. The third-order valence-electron chi connectivity index (χ3n) is 3.63. The van der Waals surface area contributed by atoms with E-state index in [0.717, 1.165) is 25.7 Å². The summed E-state index contributed by atoms with van der Waals surface area (Å²) in [5, 5.41) is 10.2. The van der Waals surface area contributed by atoms with Gasteiger partial charge in [-0.1, -0.05) is 26.7 Å². The zero-order valence-electron chi connectivity index (χ0n) is 11.1. The molecule has 0 radical (unpaired) electrons. The van der Waals surface area contributed by atoms with Crippen LogP contribution in [-0.2, 0) is 0 Å². The van der Waals surface area contributed by atoms with Crippen molar-refractivity contribution in [2.45, 2.75) is 57.7 Å². The third-order valence-corrected chi connectivity index (χ3v) is 3.63. The van der Waals surface area contributed by atoms with Crippen LogP contribution in [0, 0.1) is 5.82 Å². The highest BCUT2D eigenvalue weighted by Gasteiger charge is 2.39. The number of rotatable bonds is 4. The van der Waals surface area contributed by atoms with Crippen molar-refractivity contribution in [3.63, 3.8) is 0 Å². The number of aliphatic hydroxyl groups excluding tert-OH is 1. The van der Waals surface area contributed by atoms with Crippen LogP contribution in [0.1, 0.15) is 57.6 Å². The molecule has 0 bridgehead atoms. The molecule has 18 heavy (non-hydrogen) atoms. The van der Waals surface area contributed by atoms with Crippen molar-refractivity contribution in [3.05, 3.63) is 29.6 Å². The van der Waals surface area contributed by atoms with Gasteiger partial charge < -0.3 is 9.84 Å². The van der Waals surface area contributed by atoms with Gasteiger partial charge in [-0.2, -0.15) is 0 Å². The molecule has 0 unspecified atom stereocenters. The van der Waals surface area contributed by atoms with Crippen LogP contribution in [0.2, 0.25) is 0 Å². The lowest BCUT2D eigenvalue weighted by Gasteiger charge is -2.41. The molecule has 1 aromatic carbocycles. The second kappa shape index (κ2) is 5.27. The Labute approximate surface area is 108 Å². The molecule has 2 rings (SSSR count). The third kappa shape index (κ3) is 2.51. The quantitative estimate of drug-likeness (QED) is 0.878. The van der Waals surface area contributed by atoms with Crippen molar-refractivity contribution >= 4 is 0 Å². The molecule has 1 atom stereocenters. The molecular weight excluding hydrogens is 231 g/mol. The van der Waals surface area contributed by atoms with E-state index in [0.29, 0.717) is 17.7 Å². The number of aliphatic hydroxyl groups is 1. The molecule has 1 aromatic rings. The zero-order valence-corrected chi connectivity index (χ0v) is 11.1. The minimum absolute atomic E-state index is 0.284. The fraction of sp³-hybridized carbons (Fsp3) is 0.600. The molecule has 0 saturated carbocycles. The Morgan fingerprint density at radius 1 is 1.33 bits per heavy atom. The van der Waals surface area contributed by atoms with E-state index in [1.807, 2.05) is 0 Å². The Morgan fingerprint density at radius 2 is 2.00 bits per heavy atom. The topological polar surface area (TPSA) is 29.5 Å². The maximum absolute atomic E-state index is 13.2. The Morgan fingerprint density at radius 3 is 2.61 bits per heavy atom. The average molecular weight is 252 g/mol. The lowest BCUT2D eigenvalue weighted by atomic mass is 9.82. The van der Waals surface area contributed by atoms with Crippen molar-refractivity contribution in [3.8, 4) is 5.75 Å². The van der Waals surface area contributed by atoms with Crippen LogP contribution < -0.4 is 4.74 Å². The maximum Gasteiger partial charge on any atom is 0.126 e. The Kier molecular flexibility index (Phi) is 3.91. The predicted octanol–water partition coefficient (Wildman–Crippen LogP) is 3.98. The summed E-state index contributed by atoms with van der Waals surface area (Å²) < 4.78 is 19.3. The molecule has 1 N–H and O–H groups in total. The van der Waals surface area contributed by atoms with E-state index in [1.165, 1.54) is 12.1 Å². The summed E-state index contributed by atoms with van der Waals surface area (Å²) in [7, 11) is 0. The van der Waals surface area contributed by atoms with Gasteiger partial charge in [0.2, 0.25) is 0 Å². The number of halogens is 1. The summed E-state index contributed by atoms with van der Waals surface area (Å²) >= 11 is 0. The summed E-state index contributed by atoms with van der Waals surface area (Å²) in [5.41, 5.74) is 0.297. The maximum atomic E-state index is 13.2. The van der Waals surface area contributed by atoms with Gasteiger partial charge in [0.05, 0.1) is 6.10 Å². The lowest BCUT2D eigenvalue weighted by Crippen LogP contribution is -2.41. The van der Waals surface area contributed by atoms with E-state index in [4.69, 9.17) is 4.74 Å². The largest absolute Gasteiger partial charge is 0.487 e. The van der Waals surface area contributed by atoms with Gasteiger partial charge in [0.25, 0.3) is 0 Å². The first-order valence-electron chi connectivity index (χ1n) is 6.77. The van der Waals surface area contributed by atoms with Crippen molar-refractivity contribution in [1.29, 1.82) is 0 Å². The minimum atomic E-state index is -0.623. The SMILES string of the molecule is CCCC1(CCC)C[C@@H](O)c2cc(F)ccc2O1. The number of ether oxygens (including phenoxy) is 1. The van der Waals surface area contributed by atoms with Crippen LogP contribution in [0.25, 0.3) is 0 Å². The number of fused-ring (bicyclic) bond motifs is 1. The summed E-state index contributed by atoms with van der Waals surface area (Å²) in [6.07, 6.45) is 3.82. The first-order chi connectivity index (χ1) is 8.60. The molecule has 1 heterocycles. The van der Waals surface area contributed by atoms with Crippen molar-refractivity contribution < 1.29 is 14.2 Å². The first kappa shape index (κ1) is 13.3. The molecule has 0 fully saturated rings. The molecular formula is C15H21FO2. The van der Waals surface area contributed by atoms with Crippen LogP contribution in [0.3, 0.4) is 0 Å². The second-order valence-corrected chi connectivity index (χ2v) is 5.19. The van der Waals surface area contributed by atoms with Crippen molar-refractivity contribution in [2.24, 2.45) is 0 Å². The van der Waals surface area contributed by atoms with E-state index in [2.05, 4.69) is 13.8 Å². The van der Waals surface area contributed by atoms with Crippen LogP contribution >= 0.6 is 0 Å². The van der Waals surface area contributed by atoms with E-state index < -0.39 is 6.10 Å². The summed E-state index contributed by atoms with van der Waals surface area (Å²) in [4.78, 5) is 0. The first-order valence-corrected chi connectivity index (χ1v) is 6.77. The Hall–Kier alpha value is -1.09. The van der Waals surface area contributed by atoms with E-state index >= 15 is 0 Å². The molecule has 2 nitrogen and oxygen atoms in total. The Bertz CT molecular complexity index is 411. The molecule has 0 aromatic heterocycles. The van der Waals surface area contributed by atoms with Gasteiger partial charge in [-0.15, -0.1) is 0 Å². The standard InChI is InChI=1S/C15H21FO2/c1-3-7-15(8-4-2)10-13(17)12-9-11(16)5-6-14(12)18-15/h5-6,9,13,17H,3-4,7-8,10H2,1-2H3/t13-/m1/s1. The van der Waals surface area contributed by atoms with Crippen LogP contribution in [0.4, 0.5) is 4.39 Å². The van der Waals surface area contributed by atoms with Gasteiger partial charge in [0.15, 0.2) is 0 Å². The molecule has 3 heteroatoms.